The van der Waals surface area contributed by atoms with Crippen LogP contribution in [-0.4, -0.2) is 63.3 Å². The smallest absolute Gasteiger partial charge is 0.261 e. The van der Waals surface area contributed by atoms with Gasteiger partial charge in [0, 0.05) is 0 Å². The van der Waals surface area contributed by atoms with E-state index < -0.39 is 8.32 Å². The zero-order chi connectivity index (χ0) is 25.2. The molecule has 0 aromatic heterocycles. The Morgan fingerprint density at radius 2 is 1.14 bits per heavy atom. The standard InChI is InChI=1S/C30H42O5Si/c1-30(2,3)36(24-10-6-4-7-11-24,25-12-8-5-9-13-25)32-21-23-15-17-27(34-23)29-19-18-28(35-29)26-16-14-22(20-31)33-26/h4-13,22-23,26-29,31H,14-21H2,1-3H3/t22-,23-,26?,27-,28?,29+/m0/s1. The molecule has 2 aromatic carbocycles. The third-order valence-electron chi connectivity index (χ3n) is 8.30. The van der Waals surface area contributed by atoms with E-state index in [1.165, 1.54) is 10.4 Å². The highest BCUT2D eigenvalue weighted by Gasteiger charge is 2.51. The fourth-order valence-corrected chi connectivity index (χ4v) is 11.1. The van der Waals surface area contributed by atoms with Crippen LogP contribution in [0.25, 0.3) is 0 Å². The van der Waals surface area contributed by atoms with E-state index in [1.807, 2.05) is 0 Å². The van der Waals surface area contributed by atoms with Crippen LogP contribution < -0.4 is 10.4 Å². The van der Waals surface area contributed by atoms with Crippen LogP contribution in [0.4, 0.5) is 0 Å². The summed E-state index contributed by atoms with van der Waals surface area (Å²) in [5.41, 5.74) is 0. The second-order valence-corrected chi connectivity index (χ2v) is 16.0. The van der Waals surface area contributed by atoms with Gasteiger partial charge >= 0.3 is 0 Å². The van der Waals surface area contributed by atoms with Crippen molar-refractivity contribution in [1.29, 1.82) is 0 Å². The van der Waals surface area contributed by atoms with E-state index in [2.05, 4.69) is 81.4 Å². The van der Waals surface area contributed by atoms with Gasteiger partial charge in [-0.05, 0) is 53.9 Å². The van der Waals surface area contributed by atoms with Gasteiger partial charge in [0.2, 0.25) is 0 Å². The monoisotopic (exact) mass is 510 g/mol. The van der Waals surface area contributed by atoms with E-state index in [9.17, 15) is 5.11 Å². The molecule has 0 spiro atoms. The second-order valence-electron chi connectivity index (χ2n) is 11.7. The predicted octanol–water partition coefficient (Wildman–Crippen LogP) is 4.20. The maximum Gasteiger partial charge on any atom is 0.261 e. The summed E-state index contributed by atoms with van der Waals surface area (Å²) in [6.07, 6.45) is 6.49. The van der Waals surface area contributed by atoms with Crippen LogP contribution in [0.15, 0.2) is 60.7 Å². The van der Waals surface area contributed by atoms with E-state index in [1.54, 1.807) is 0 Å². The Morgan fingerprint density at radius 1 is 0.694 bits per heavy atom. The molecule has 0 saturated carbocycles. The minimum Gasteiger partial charge on any atom is -0.405 e. The van der Waals surface area contributed by atoms with Gasteiger partial charge in [-0.1, -0.05) is 81.4 Å². The van der Waals surface area contributed by atoms with Crippen LogP contribution in [0.1, 0.15) is 59.3 Å². The van der Waals surface area contributed by atoms with Crippen molar-refractivity contribution in [3.05, 3.63) is 60.7 Å². The van der Waals surface area contributed by atoms with Gasteiger partial charge in [0.1, 0.15) is 0 Å². The van der Waals surface area contributed by atoms with Crippen molar-refractivity contribution >= 4 is 18.7 Å². The van der Waals surface area contributed by atoms with Crippen molar-refractivity contribution in [3.63, 3.8) is 0 Å². The Balaban J connectivity index is 1.25. The number of hydrogen-bond donors (Lipinski definition) is 1. The average molecular weight is 511 g/mol. The summed E-state index contributed by atoms with van der Waals surface area (Å²) < 4.78 is 26.1. The van der Waals surface area contributed by atoms with E-state index in [0.29, 0.717) is 6.61 Å². The minimum atomic E-state index is -2.56. The lowest BCUT2D eigenvalue weighted by Gasteiger charge is -2.43. The molecule has 196 valence electrons. The number of benzene rings is 2. The Morgan fingerprint density at radius 3 is 1.61 bits per heavy atom. The van der Waals surface area contributed by atoms with Crippen molar-refractivity contribution in [2.45, 2.75) is 101 Å². The van der Waals surface area contributed by atoms with Crippen LogP contribution in [0.3, 0.4) is 0 Å². The number of aliphatic hydroxyl groups excluding tert-OH is 1. The number of aliphatic hydroxyl groups is 1. The summed E-state index contributed by atoms with van der Waals surface area (Å²) >= 11 is 0. The molecule has 1 N–H and O–H groups in total. The summed E-state index contributed by atoms with van der Waals surface area (Å²) in [5, 5.41) is 12.0. The van der Waals surface area contributed by atoms with Crippen molar-refractivity contribution in [2.75, 3.05) is 13.2 Å². The normalized spacial score (nSPS) is 31.2. The van der Waals surface area contributed by atoms with Gasteiger partial charge in [-0.15, -0.1) is 0 Å². The van der Waals surface area contributed by atoms with Crippen LogP contribution in [0, 0.1) is 0 Å². The quantitative estimate of drug-likeness (QED) is 0.540. The maximum atomic E-state index is 9.39. The average Bonchev–Trinajstić information content (AvgIpc) is 3.65. The first-order chi connectivity index (χ1) is 17.4. The van der Waals surface area contributed by atoms with Crippen LogP contribution in [-0.2, 0) is 18.6 Å². The second kappa shape index (κ2) is 11.1. The van der Waals surface area contributed by atoms with Gasteiger partial charge in [0.15, 0.2) is 0 Å². The molecule has 2 unspecified atom stereocenters. The molecule has 3 aliphatic heterocycles. The lowest BCUT2D eigenvalue weighted by atomic mass is 10.0. The van der Waals surface area contributed by atoms with Crippen LogP contribution in [0.5, 0.6) is 0 Å². The first kappa shape index (κ1) is 26.1. The van der Waals surface area contributed by atoms with Gasteiger partial charge in [0.05, 0.1) is 49.8 Å². The van der Waals surface area contributed by atoms with Gasteiger partial charge in [-0.2, -0.15) is 0 Å². The Bertz CT molecular complexity index is 923. The molecule has 0 aliphatic carbocycles. The molecular formula is C30H42O5Si. The van der Waals surface area contributed by atoms with Crippen molar-refractivity contribution in [1.82, 2.24) is 0 Å². The third kappa shape index (κ3) is 5.22. The molecule has 5 nitrogen and oxygen atoms in total. The van der Waals surface area contributed by atoms with Gasteiger partial charge < -0.3 is 23.7 Å². The highest BCUT2D eigenvalue weighted by atomic mass is 28.4. The zero-order valence-electron chi connectivity index (χ0n) is 22.0. The van der Waals surface area contributed by atoms with Gasteiger partial charge in [-0.25, -0.2) is 0 Å². The largest absolute Gasteiger partial charge is 0.405 e. The predicted molar refractivity (Wildman–Crippen MR) is 144 cm³/mol. The first-order valence-electron chi connectivity index (χ1n) is 13.7. The summed E-state index contributed by atoms with van der Waals surface area (Å²) in [6, 6.07) is 21.6. The molecule has 0 amide bonds. The van der Waals surface area contributed by atoms with Crippen molar-refractivity contribution in [2.24, 2.45) is 0 Å². The maximum absolute atomic E-state index is 9.39. The number of rotatable bonds is 8. The summed E-state index contributed by atoms with van der Waals surface area (Å²) in [5.74, 6) is 0. The fraction of sp³-hybridized carbons (Fsp3) is 0.600. The third-order valence-corrected chi connectivity index (χ3v) is 13.3. The number of hydrogen-bond acceptors (Lipinski definition) is 5. The number of ether oxygens (including phenoxy) is 3. The van der Waals surface area contributed by atoms with Gasteiger partial charge in [0.25, 0.3) is 8.32 Å². The van der Waals surface area contributed by atoms with E-state index in [-0.39, 0.29) is 48.3 Å². The fourth-order valence-electron chi connectivity index (χ4n) is 6.49. The molecule has 3 fully saturated rings. The van der Waals surface area contributed by atoms with Gasteiger partial charge in [-0.3, -0.25) is 0 Å². The molecule has 6 atom stereocenters. The highest BCUT2D eigenvalue weighted by Crippen LogP contribution is 2.39. The molecule has 36 heavy (non-hydrogen) atoms. The Labute approximate surface area is 217 Å². The molecule has 6 heteroatoms. The highest BCUT2D eigenvalue weighted by molar-refractivity contribution is 6.99. The lowest BCUT2D eigenvalue weighted by molar-refractivity contribution is -0.110. The Kier molecular flexibility index (Phi) is 8.01. The van der Waals surface area contributed by atoms with Crippen molar-refractivity contribution in [3.8, 4) is 0 Å². The van der Waals surface area contributed by atoms with E-state index in [0.717, 1.165) is 38.5 Å². The summed E-state index contributed by atoms with van der Waals surface area (Å²) in [4.78, 5) is 0. The summed E-state index contributed by atoms with van der Waals surface area (Å²) in [6.45, 7) is 7.65. The Hall–Kier alpha value is -1.54. The molecule has 3 aliphatic rings. The van der Waals surface area contributed by atoms with Crippen molar-refractivity contribution < 1.29 is 23.7 Å². The zero-order valence-corrected chi connectivity index (χ0v) is 23.0. The topological polar surface area (TPSA) is 57.2 Å². The van der Waals surface area contributed by atoms with E-state index >= 15 is 0 Å². The first-order valence-corrected chi connectivity index (χ1v) is 15.6. The molecule has 0 bridgehead atoms. The lowest BCUT2D eigenvalue weighted by Crippen LogP contribution is -2.67. The molecule has 3 saturated heterocycles. The molecule has 0 radical (unpaired) electrons. The molecule has 2 aromatic rings. The SMILES string of the molecule is CC(C)(C)[Si](OC[C@@H]1CC[C@@H]([C@H]2CCC(C3CC[C@@H](CO)O3)O2)O1)(c1ccccc1)c1ccccc1. The van der Waals surface area contributed by atoms with Crippen LogP contribution >= 0.6 is 0 Å². The van der Waals surface area contributed by atoms with E-state index in [4.69, 9.17) is 18.6 Å². The molecule has 3 heterocycles. The molecule has 5 rings (SSSR count). The van der Waals surface area contributed by atoms with Crippen LogP contribution in [0.2, 0.25) is 5.04 Å². The summed E-state index contributed by atoms with van der Waals surface area (Å²) in [7, 11) is -2.56. The molecular weight excluding hydrogens is 468 g/mol. The minimum absolute atomic E-state index is 0.0246.